The first kappa shape index (κ1) is 24.2. The molecule has 1 aliphatic carbocycles. The molecule has 5 nitrogen and oxygen atoms in total. The summed E-state index contributed by atoms with van der Waals surface area (Å²) in [6.45, 7) is 2.41. The standard InChI is InChI=1S/C30H29NO4S/c1-19-27(31-30(35-19)21-6-4-3-5-7-21)14-15-34-24-16-22-8-9-23(17-28(32)33)29(22)26(18-24)20-10-12-25(36-2)13-11-20/h3-7,10-13,16,18,23H,8-9,14-15,17H2,1-2H3,(H,32,33). The second-order valence-corrected chi connectivity index (χ2v) is 9.97. The van der Waals surface area contributed by atoms with Crippen LogP contribution in [0.4, 0.5) is 0 Å². The third-order valence-electron chi connectivity index (χ3n) is 6.75. The monoisotopic (exact) mass is 499 g/mol. The van der Waals surface area contributed by atoms with Crippen molar-refractivity contribution in [2.24, 2.45) is 0 Å². The van der Waals surface area contributed by atoms with Crippen molar-refractivity contribution in [2.45, 2.75) is 43.4 Å². The van der Waals surface area contributed by atoms with Crippen molar-refractivity contribution < 1.29 is 19.1 Å². The van der Waals surface area contributed by atoms with E-state index >= 15 is 0 Å². The lowest BCUT2D eigenvalue weighted by Crippen LogP contribution is -2.06. The predicted molar refractivity (Wildman–Crippen MR) is 143 cm³/mol. The Balaban J connectivity index is 1.38. The number of fused-ring (bicyclic) bond motifs is 1. The van der Waals surface area contributed by atoms with Gasteiger partial charge in [-0.3, -0.25) is 4.79 Å². The fraction of sp³-hybridized carbons (Fsp3) is 0.267. The normalized spacial score (nSPS) is 14.6. The van der Waals surface area contributed by atoms with Crippen molar-refractivity contribution in [3.63, 3.8) is 0 Å². The largest absolute Gasteiger partial charge is 0.493 e. The molecule has 3 aromatic carbocycles. The minimum absolute atomic E-state index is 0.0240. The zero-order valence-corrected chi connectivity index (χ0v) is 21.3. The molecule has 1 aliphatic rings. The summed E-state index contributed by atoms with van der Waals surface area (Å²) in [5.41, 5.74) is 6.35. The number of benzene rings is 3. The van der Waals surface area contributed by atoms with Gasteiger partial charge in [-0.15, -0.1) is 11.8 Å². The summed E-state index contributed by atoms with van der Waals surface area (Å²) < 4.78 is 12.1. The molecular weight excluding hydrogens is 470 g/mol. The number of carbonyl (C=O) groups is 1. The van der Waals surface area contributed by atoms with E-state index in [1.54, 1.807) is 11.8 Å². The van der Waals surface area contributed by atoms with E-state index in [2.05, 4.69) is 47.6 Å². The van der Waals surface area contributed by atoms with Gasteiger partial charge in [-0.2, -0.15) is 0 Å². The molecule has 0 bridgehead atoms. The van der Waals surface area contributed by atoms with Crippen LogP contribution in [0.25, 0.3) is 22.6 Å². The maximum Gasteiger partial charge on any atom is 0.303 e. The highest BCUT2D eigenvalue weighted by Gasteiger charge is 2.29. The molecule has 0 saturated heterocycles. The van der Waals surface area contributed by atoms with E-state index in [1.807, 2.05) is 37.3 Å². The second-order valence-electron chi connectivity index (χ2n) is 9.09. The third-order valence-corrected chi connectivity index (χ3v) is 7.50. The number of aliphatic carboxylic acids is 1. The average Bonchev–Trinajstić information content (AvgIpc) is 3.47. The Hall–Kier alpha value is -3.51. The molecule has 6 heteroatoms. The molecule has 4 aromatic rings. The van der Waals surface area contributed by atoms with E-state index in [9.17, 15) is 9.90 Å². The number of nitrogens with zero attached hydrogens (tertiary/aromatic N) is 1. The molecule has 1 aromatic heterocycles. The molecule has 0 amide bonds. The lowest BCUT2D eigenvalue weighted by molar-refractivity contribution is -0.137. The summed E-state index contributed by atoms with van der Waals surface area (Å²) >= 11 is 1.70. The third kappa shape index (κ3) is 5.19. The van der Waals surface area contributed by atoms with E-state index in [1.165, 1.54) is 10.5 Å². The molecule has 36 heavy (non-hydrogen) atoms. The van der Waals surface area contributed by atoms with Crippen molar-refractivity contribution >= 4 is 17.7 Å². The zero-order valence-electron chi connectivity index (χ0n) is 20.5. The van der Waals surface area contributed by atoms with Crippen molar-refractivity contribution in [1.82, 2.24) is 4.98 Å². The highest BCUT2D eigenvalue weighted by molar-refractivity contribution is 7.98. The summed E-state index contributed by atoms with van der Waals surface area (Å²) in [6, 6.07) is 22.5. The van der Waals surface area contributed by atoms with Gasteiger partial charge in [0.1, 0.15) is 11.5 Å². The van der Waals surface area contributed by atoms with Crippen LogP contribution in [0.15, 0.2) is 76.0 Å². The number of hydrogen-bond donors (Lipinski definition) is 1. The molecule has 0 aliphatic heterocycles. The van der Waals surface area contributed by atoms with Crippen molar-refractivity contribution in [1.29, 1.82) is 0 Å². The number of aryl methyl sites for hydroxylation is 2. The minimum atomic E-state index is -0.755. The van der Waals surface area contributed by atoms with Gasteiger partial charge < -0.3 is 14.3 Å². The van der Waals surface area contributed by atoms with Crippen LogP contribution >= 0.6 is 11.8 Å². The zero-order chi connectivity index (χ0) is 25.1. The van der Waals surface area contributed by atoms with Crippen LogP contribution in [0.5, 0.6) is 5.75 Å². The predicted octanol–water partition coefficient (Wildman–Crippen LogP) is 7.16. The van der Waals surface area contributed by atoms with Gasteiger partial charge in [0.2, 0.25) is 5.89 Å². The lowest BCUT2D eigenvalue weighted by Gasteiger charge is -2.17. The number of carboxylic acids is 1. The molecule has 1 heterocycles. The molecule has 184 valence electrons. The Morgan fingerprint density at radius 2 is 1.89 bits per heavy atom. The molecule has 0 spiro atoms. The first-order valence-electron chi connectivity index (χ1n) is 12.2. The molecule has 0 saturated carbocycles. The number of aromatic nitrogens is 1. The van der Waals surface area contributed by atoms with Gasteiger partial charge in [-0.25, -0.2) is 4.98 Å². The molecule has 1 atom stereocenters. The summed E-state index contributed by atoms with van der Waals surface area (Å²) in [5, 5.41) is 9.46. The molecule has 1 N–H and O–H groups in total. The van der Waals surface area contributed by atoms with Gasteiger partial charge in [-0.1, -0.05) is 30.3 Å². The summed E-state index contributed by atoms with van der Waals surface area (Å²) in [7, 11) is 0. The highest BCUT2D eigenvalue weighted by atomic mass is 32.2. The highest BCUT2D eigenvalue weighted by Crippen LogP contribution is 2.44. The number of ether oxygens (including phenoxy) is 1. The van der Waals surface area contributed by atoms with E-state index in [0.717, 1.165) is 52.3 Å². The van der Waals surface area contributed by atoms with Gasteiger partial charge in [0.05, 0.1) is 18.7 Å². The Morgan fingerprint density at radius 1 is 1.11 bits per heavy atom. The number of hydrogen-bond acceptors (Lipinski definition) is 5. The van der Waals surface area contributed by atoms with Crippen LogP contribution < -0.4 is 4.74 Å². The van der Waals surface area contributed by atoms with Crippen LogP contribution in [-0.2, 0) is 17.6 Å². The van der Waals surface area contributed by atoms with E-state index in [0.29, 0.717) is 18.9 Å². The minimum Gasteiger partial charge on any atom is -0.493 e. The molecule has 5 rings (SSSR count). The van der Waals surface area contributed by atoms with Crippen molar-refractivity contribution in [3.05, 3.63) is 89.3 Å². The topological polar surface area (TPSA) is 72.6 Å². The van der Waals surface area contributed by atoms with Gasteiger partial charge in [-0.05, 0) is 90.6 Å². The molecule has 0 fully saturated rings. The Bertz CT molecular complexity index is 1360. The van der Waals surface area contributed by atoms with E-state index in [-0.39, 0.29) is 12.3 Å². The first-order chi connectivity index (χ1) is 17.5. The van der Waals surface area contributed by atoms with Crippen LogP contribution in [0.3, 0.4) is 0 Å². The Labute approximate surface area is 215 Å². The maximum absolute atomic E-state index is 11.5. The van der Waals surface area contributed by atoms with Crippen molar-refractivity contribution in [3.8, 4) is 28.3 Å². The second kappa shape index (κ2) is 10.6. The smallest absolute Gasteiger partial charge is 0.303 e. The van der Waals surface area contributed by atoms with Crippen LogP contribution in [0, 0.1) is 6.92 Å². The maximum atomic E-state index is 11.5. The van der Waals surface area contributed by atoms with E-state index < -0.39 is 5.97 Å². The van der Waals surface area contributed by atoms with Crippen molar-refractivity contribution in [2.75, 3.05) is 12.9 Å². The van der Waals surface area contributed by atoms with Gasteiger partial charge in [0, 0.05) is 16.9 Å². The van der Waals surface area contributed by atoms with Crippen LogP contribution in [-0.4, -0.2) is 28.9 Å². The molecule has 1 unspecified atom stereocenters. The lowest BCUT2D eigenvalue weighted by atomic mass is 9.89. The first-order valence-corrected chi connectivity index (χ1v) is 13.4. The molecule has 0 radical (unpaired) electrons. The van der Waals surface area contributed by atoms with Crippen LogP contribution in [0.2, 0.25) is 0 Å². The number of carboxylic acid groups (broad SMARTS) is 1. The Morgan fingerprint density at radius 3 is 2.61 bits per heavy atom. The molecular formula is C30H29NO4S. The SMILES string of the molecule is CSc1ccc(-c2cc(OCCc3nc(-c4ccccc4)oc3C)cc3c2C(CC(=O)O)CC3)cc1. The summed E-state index contributed by atoms with van der Waals surface area (Å²) in [6.07, 6.45) is 4.56. The number of oxazole rings is 1. The van der Waals surface area contributed by atoms with Gasteiger partial charge in [0.15, 0.2) is 0 Å². The quantitative estimate of drug-likeness (QED) is 0.246. The van der Waals surface area contributed by atoms with E-state index in [4.69, 9.17) is 9.15 Å². The summed E-state index contributed by atoms with van der Waals surface area (Å²) in [4.78, 5) is 17.4. The number of rotatable bonds is 9. The van der Waals surface area contributed by atoms with Gasteiger partial charge in [0.25, 0.3) is 0 Å². The Kier molecular flexibility index (Phi) is 7.14. The van der Waals surface area contributed by atoms with Crippen LogP contribution in [0.1, 0.15) is 41.3 Å². The fourth-order valence-electron chi connectivity index (χ4n) is 4.98. The van der Waals surface area contributed by atoms with Gasteiger partial charge >= 0.3 is 5.97 Å². The fourth-order valence-corrected chi connectivity index (χ4v) is 5.39. The average molecular weight is 500 g/mol. The summed E-state index contributed by atoms with van der Waals surface area (Å²) in [5.74, 6) is 1.50. The number of thioether (sulfide) groups is 1.